The number of ether oxygens (including phenoxy) is 1. The van der Waals surface area contributed by atoms with Gasteiger partial charge >= 0.3 is 0 Å². The minimum Gasteiger partial charge on any atom is -0.370 e. The van der Waals surface area contributed by atoms with Crippen LogP contribution in [0, 0.1) is 0 Å². The number of Topliss-reactive ketones (excluding diaryl/α,β-unsaturated/α-hetero) is 1. The number of imidazole rings is 1. The smallest absolute Gasteiger partial charge is 0.211 e. The lowest BCUT2D eigenvalue weighted by Crippen LogP contribution is -2.34. The van der Waals surface area contributed by atoms with E-state index in [1.165, 1.54) is 11.8 Å². The van der Waals surface area contributed by atoms with Crippen molar-refractivity contribution < 1.29 is 9.53 Å². The lowest BCUT2D eigenvalue weighted by atomic mass is 9.96. The van der Waals surface area contributed by atoms with Gasteiger partial charge in [0.15, 0.2) is 10.9 Å². The molecule has 0 amide bonds. The number of aryl methyl sites for hydroxylation is 1. The van der Waals surface area contributed by atoms with Crippen LogP contribution in [0.1, 0.15) is 41.6 Å². The molecule has 0 atom stereocenters. The fourth-order valence-electron chi connectivity index (χ4n) is 3.38. The van der Waals surface area contributed by atoms with Crippen LogP contribution in [0.15, 0.2) is 40.3 Å². The van der Waals surface area contributed by atoms with E-state index in [0.29, 0.717) is 36.4 Å². The van der Waals surface area contributed by atoms with Crippen LogP contribution >= 0.6 is 23.1 Å². The number of nitrogens with zero attached hydrogens (tertiary/aromatic N) is 2. The number of hydrogen-bond donors (Lipinski definition) is 0. The number of carbonyl (C=O) groups is 1. The van der Waals surface area contributed by atoms with Gasteiger partial charge in [0.1, 0.15) is 10.3 Å². The summed E-state index contributed by atoms with van der Waals surface area (Å²) >= 11 is 2.97. The van der Waals surface area contributed by atoms with E-state index in [0.717, 1.165) is 20.4 Å². The highest BCUT2D eigenvalue weighted by Gasteiger charge is 2.30. The Morgan fingerprint density at radius 3 is 2.79 bits per heavy atom. The van der Waals surface area contributed by atoms with Gasteiger partial charge in [0.05, 0.1) is 18.0 Å². The zero-order valence-corrected chi connectivity index (χ0v) is 17.8. The van der Waals surface area contributed by atoms with Crippen molar-refractivity contribution in [1.29, 1.82) is 0 Å². The quantitative estimate of drug-likeness (QED) is 0.460. The van der Waals surface area contributed by atoms with Gasteiger partial charge < -0.3 is 9.30 Å². The lowest BCUT2D eigenvalue weighted by Gasteiger charge is -2.30. The number of hydrogen-bond acceptors (Lipinski definition) is 6. The molecule has 28 heavy (non-hydrogen) atoms. The topological polar surface area (TPSA) is 61.2 Å². The van der Waals surface area contributed by atoms with Gasteiger partial charge in [-0.2, -0.15) is 0 Å². The molecule has 0 spiro atoms. The number of rotatable bonds is 5. The van der Waals surface area contributed by atoms with E-state index < -0.39 is 0 Å². The summed E-state index contributed by atoms with van der Waals surface area (Å²) in [5.41, 5.74) is 1.70. The largest absolute Gasteiger partial charge is 0.370 e. The second kappa shape index (κ2) is 7.46. The first-order valence-corrected chi connectivity index (χ1v) is 11.1. The predicted octanol–water partition coefficient (Wildman–Crippen LogP) is 4.30. The number of aromatic nitrogens is 2. The molecule has 1 aliphatic heterocycles. The fraction of sp³-hybridized carbons (Fsp3) is 0.381. The van der Waals surface area contributed by atoms with Crippen molar-refractivity contribution in [2.75, 3.05) is 5.75 Å². The van der Waals surface area contributed by atoms with E-state index in [1.54, 1.807) is 11.3 Å². The summed E-state index contributed by atoms with van der Waals surface area (Å²) in [7, 11) is 0. The molecule has 0 saturated heterocycles. The summed E-state index contributed by atoms with van der Waals surface area (Å²) in [6.45, 7) is 7.19. The predicted molar refractivity (Wildman–Crippen MR) is 114 cm³/mol. The van der Waals surface area contributed by atoms with Crippen molar-refractivity contribution in [2.45, 2.75) is 51.1 Å². The average Bonchev–Trinajstić information content (AvgIpc) is 3.05. The highest BCUT2D eigenvalue weighted by Crippen LogP contribution is 2.33. The molecular weight excluding hydrogens is 392 g/mol. The molecule has 5 nitrogen and oxygen atoms in total. The maximum Gasteiger partial charge on any atom is 0.211 e. The van der Waals surface area contributed by atoms with Crippen molar-refractivity contribution in [1.82, 2.24) is 9.55 Å². The first-order valence-electron chi connectivity index (χ1n) is 9.29. The number of carbonyl (C=O) groups excluding carboxylic acids is 1. The SMILES string of the molecule is CCn1c(SCC(=O)c2ccccc2)nc2c(=O)c3c(sc21)COC(C)(C)C3. The zero-order chi connectivity index (χ0) is 19.9. The number of fused-ring (bicyclic) bond motifs is 2. The fourth-order valence-corrected chi connectivity index (χ4v) is 5.59. The van der Waals surface area contributed by atoms with Crippen LogP contribution < -0.4 is 5.43 Å². The maximum atomic E-state index is 13.1. The van der Waals surface area contributed by atoms with Gasteiger partial charge in [0.2, 0.25) is 5.43 Å². The molecule has 4 rings (SSSR count). The third-order valence-corrected chi connectivity index (χ3v) is 7.07. The molecule has 7 heteroatoms. The number of benzene rings is 1. The first kappa shape index (κ1) is 19.4. The Morgan fingerprint density at radius 1 is 1.32 bits per heavy atom. The minimum absolute atomic E-state index is 0.00330. The summed E-state index contributed by atoms with van der Waals surface area (Å²) in [6, 6.07) is 9.25. The van der Waals surface area contributed by atoms with Crippen molar-refractivity contribution in [3.05, 3.63) is 56.6 Å². The molecule has 0 bridgehead atoms. The van der Waals surface area contributed by atoms with Crippen molar-refractivity contribution in [2.24, 2.45) is 0 Å². The van der Waals surface area contributed by atoms with E-state index in [2.05, 4.69) is 4.98 Å². The van der Waals surface area contributed by atoms with Crippen LogP contribution in [-0.2, 0) is 24.3 Å². The molecule has 0 aliphatic carbocycles. The third-order valence-electron chi connectivity index (χ3n) is 4.87. The number of thioether (sulfide) groups is 1. The first-order chi connectivity index (χ1) is 13.4. The van der Waals surface area contributed by atoms with E-state index in [1.807, 2.05) is 55.7 Å². The average molecular weight is 415 g/mol. The molecule has 1 aromatic carbocycles. The van der Waals surface area contributed by atoms with E-state index >= 15 is 0 Å². The molecule has 0 unspecified atom stereocenters. The Morgan fingerprint density at radius 2 is 2.07 bits per heavy atom. The van der Waals surface area contributed by atoms with E-state index in [9.17, 15) is 9.59 Å². The van der Waals surface area contributed by atoms with Crippen LogP contribution in [0.5, 0.6) is 0 Å². The molecule has 3 heterocycles. The highest BCUT2D eigenvalue weighted by molar-refractivity contribution is 7.99. The monoisotopic (exact) mass is 414 g/mol. The normalized spacial score (nSPS) is 15.5. The van der Waals surface area contributed by atoms with Crippen LogP contribution in [0.4, 0.5) is 0 Å². The van der Waals surface area contributed by atoms with Crippen molar-refractivity contribution in [3.63, 3.8) is 0 Å². The minimum atomic E-state index is -0.334. The zero-order valence-electron chi connectivity index (χ0n) is 16.2. The van der Waals surface area contributed by atoms with E-state index in [4.69, 9.17) is 4.74 Å². The molecule has 146 valence electrons. The van der Waals surface area contributed by atoms with Gasteiger partial charge in [-0.1, -0.05) is 42.1 Å². The molecule has 0 saturated carbocycles. The summed E-state index contributed by atoms with van der Waals surface area (Å²) in [5.74, 6) is 0.350. The molecule has 0 fully saturated rings. The molecular formula is C21H22N2O3S2. The molecule has 0 N–H and O–H groups in total. The molecule has 2 aromatic heterocycles. The Balaban J connectivity index is 1.69. The summed E-state index contributed by atoms with van der Waals surface area (Å²) in [5, 5.41) is 0.720. The molecule has 3 aromatic rings. The highest BCUT2D eigenvalue weighted by atomic mass is 32.2. The van der Waals surface area contributed by atoms with Gasteiger partial charge in [-0.15, -0.1) is 11.3 Å². The Kier molecular flexibility index (Phi) is 5.16. The molecule has 0 radical (unpaired) electrons. The summed E-state index contributed by atoms with van der Waals surface area (Å²) in [4.78, 5) is 32.0. The Labute approximate surface area is 171 Å². The van der Waals surface area contributed by atoms with Gasteiger partial charge in [0, 0.05) is 29.0 Å². The number of ketones is 1. The van der Waals surface area contributed by atoms with Gasteiger partial charge in [-0.05, 0) is 20.8 Å². The van der Waals surface area contributed by atoms with Crippen molar-refractivity contribution in [3.8, 4) is 0 Å². The van der Waals surface area contributed by atoms with Crippen LogP contribution in [0.2, 0.25) is 0 Å². The second-order valence-corrected chi connectivity index (χ2v) is 9.45. The Hall–Kier alpha value is -1.96. The standard InChI is InChI=1S/C21H22N2O3S2/c1-4-23-19-17(18(25)14-10-21(2,3)26-11-16(14)28-19)22-20(23)27-12-15(24)13-8-6-5-7-9-13/h5-9H,4,10-12H2,1-3H3. The van der Waals surface area contributed by atoms with Crippen molar-refractivity contribution >= 4 is 39.2 Å². The van der Waals surface area contributed by atoms with Gasteiger partial charge in [-0.25, -0.2) is 4.98 Å². The van der Waals surface area contributed by atoms with Crippen LogP contribution in [0.3, 0.4) is 0 Å². The maximum absolute atomic E-state index is 13.1. The van der Waals surface area contributed by atoms with Crippen LogP contribution in [0.25, 0.3) is 10.3 Å². The summed E-state index contributed by atoms with van der Waals surface area (Å²) in [6.07, 6.45) is 0.599. The van der Waals surface area contributed by atoms with E-state index in [-0.39, 0.29) is 16.8 Å². The van der Waals surface area contributed by atoms with Gasteiger partial charge in [-0.3, -0.25) is 9.59 Å². The van der Waals surface area contributed by atoms with Crippen LogP contribution in [-0.4, -0.2) is 26.7 Å². The van der Waals surface area contributed by atoms with Gasteiger partial charge in [0.25, 0.3) is 0 Å². The third kappa shape index (κ3) is 3.54. The molecule has 1 aliphatic rings. The lowest BCUT2D eigenvalue weighted by molar-refractivity contribution is -0.0386. The summed E-state index contributed by atoms with van der Waals surface area (Å²) < 4.78 is 7.93. The second-order valence-electron chi connectivity index (χ2n) is 7.43. The Bertz CT molecular complexity index is 1100.